The molecule has 0 atom stereocenters. The number of aromatic nitrogens is 2. The third-order valence-corrected chi connectivity index (χ3v) is 4.08. The van der Waals surface area contributed by atoms with Gasteiger partial charge in [0.05, 0.1) is 12.2 Å². The summed E-state index contributed by atoms with van der Waals surface area (Å²) in [6.45, 7) is 0. The monoisotopic (exact) mass is 353 g/mol. The molecule has 25 heavy (non-hydrogen) atoms. The van der Waals surface area contributed by atoms with Crippen LogP contribution < -0.4 is 5.32 Å². The van der Waals surface area contributed by atoms with Gasteiger partial charge in [0.15, 0.2) is 5.78 Å². The molecule has 0 bridgehead atoms. The SMILES string of the molecule is O=C(CSc1nnc(-c2ccccc2)o1)CC(=O)Nc1ccccc1. The molecule has 0 aliphatic heterocycles. The Labute approximate surface area is 148 Å². The number of rotatable bonds is 7. The highest BCUT2D eigenvalue weighted by molar-refractivity contribution is 7.99. The molecular formula is C18H15N3O3S. The Hall–Kier alpha value is -2.93. The number of ketones is 1. The van der Waals surface area contributed by atoms with Crippen LogP contribution in [0.4, 0.5) is 5.69 Å². The van der Waals surface area contributed by atoms with Crippen molar-refractivity contribution in [3.05, 3.63) is 60.7 Å². The number of benzene rings is 2. The minimum atomic E-state index is -0.340. The predicted molar refractivity (Wildman–Crippen MR) is 95.2 cm³/mol. The molecule has 0 fully saturated rings. The second kappa shape index (κ2) is 8.25. The summed E-state index contributed by atoms with van der Waals surface area (Å²) in [6, 6.07) is 18.4. The number of hydrogen-bond acceptors (Lipinski definition) is 6. The molecule has 3 aromatic rings. The molecule has 7 heteroatoms. The van der Waals surface area contributed by atoms with Crippen LogP contribution in [-0.2, 0) is 9.59 Å². The van der Waals surface area contributed by atoms with E-state index in [-0.39, 0.29) is 23.9 Å². The Morgan fingerprint density at radius 2 is 1.64 bits per heavy atom. The molecule has 0 spiro atoms. The number of para-hydroxylation sites is 1. The number of carbonyl (C=O) groups is 2. The first-order valence-electron chi connectivity index (χ1n) is 7.59. The van der Waals surface area contributed by atoms with E-state index in [0.29, 0.717) is 16.8 Å². The maximum atomic E-state index is 11.9. The summed E-state index contributed by atoms with van der Waals surface area (Å²) in [5, 5.41) is 10.8. The Morgan fingerprint density at radius 1 is 0.960 bits per heavy atom. The van der Waals surface area contributed by atoms with Crippen LogP contribution in [0.25, 0.3) is 11.5 Å². The molecule has 1 aromatic heterocycles. The summed E-state index contributed by atoms with van der Waals surface area (Å²) in [4.78, 5) is 23.8. The lowest BCUT2D eigenvalue weighted by atomic mass is 10.2. The van der Waals surface area contributed by atoms with Crippen molar-refractivity contribution in [2.45, 2.75) is 11.6 Å². The maximum Gasteiger partial charge on any atom is 0.277 e. The molecule has 3 rings (SSSR count). The van der Waals surface area contributed by atoms with E-state index in [1.807, 2.05) is 48.5 Å². The molecule has 1 amide bonds. The predicted octanol–water partition coefficient (Wildman–Crippen LogP) is 3.43. The van der Waals surface area contributed by atoms with Gasteiger partial charge in [-0.05, 0) is 24.3 Å². The third kappa shape index (κ3) is 5.02. The van der Waals surface area contributed by atoms with Crippen molar-refractivity contribution in [2.75, 3.05) is 11.1 Å². The number of anilines is 1. The van der Waals surface area contributed by atoms with E-state index in [1.54, 1.807) is 12.1 Å². The number of thioether (sulfide) groups is 1. The van der Waals surface area contributed by atoms with Gasteiger partial charge >= 0.3 is 0 Å². The van der Waals surface area contributed by atoms with E-state index in [9.17, 15) is 9.59 Å². The second-order valence-corrected chi connectivity index (χ2v) is 6.08. The quantitative estimate of drug-likeness (QED) is 0.517. The first kappa shape index (κ1) is 16.9. The Kier molecular flexibility index (Phi) is 5.58. The molecule has 0 saturated carbocycles. The summed E-state index contributed by atoms with van der Waals surface area (Å²) in [5.41, 5.74) is 1.48. The summed E-state index contributed by atoms with van der Waals surface area (Å²) in [5.74, 6) is -0.0545. The van der Waals surface area contributed by atoms with Gasteiger partial charge in [0, 0.05) is 11.3 Å². The van der Waals surface area contributed by atoms with Crippen LogP contribution in [0.15, 0.2) is 70.3 Å². The van der Waals surface area contributed by atoms with Gasteiger partial charge < -0.3 is 9.73 Å². The smallest absolute Gasteiger partial charge is 0.277 e. The summed E-state index contributed by atoms with van der Waals surface area (Å²) in [7, 11) is 0. The van der Waals surface area contributed by atoms with Crippen molar-refractivity contribution in [3.63, 3.8) is 0 Å². The highest BCUT2D eigenvalue weighted by atomic mass is 32.2. The van der Waals surface area contributed by atoms with Crippen LogP contribution in [0.3, 0.4) is 0 Å². The molecule has 2 aromatic carbocycles. The Bertz CT molecular complexity index is 850. The zero-order valence-corrected chi connectivity index (χ0v) is 14.0. The maximum absolute atomic E-state index is 11.9. The molecule has 0 unspecified atom stereocenters. The Morgan fingerprint density at radius 3 is 2.36 bits per heavy atom. The van der Waals surface area contributed by atoms with Crippen molar-refractivity contribution < 1.29 is 14.0 Å². The van der Waals surface area contributed by atoms with Crippen molar-refractivity contribution in [3.8, 4) is 11.5 Å². The third-order valence-electron chi connectivity index (χ3n) is 3.20. The number of nitrogens with one attached hydrogen (secondary N) is 1. The zero-order valence-electron chi connectivity index (χ0n) is 13.2. The lowest BCUT2D eigenvalue weighted by molar-refractivity contribution is -0.123. The fourth-order valence-corrected chi connectivity index (χ4v) is 2.69. The van der Waals surface area contributed by atoms with Crippen molar-refractivity contribution >= 4 is 29.1 Å². The van der Waals surface area contributed by atoms with Crippen LogP contribution in [0.2, 0.25) is 0 Å². The molecule has 1 heterocycles. The standard InChI is InChI=1S/C18H15N3O3S/c22-15(11-16(23)19-14-9-5-2-6-10-14)12-25-18-21-20-17(24-18)13-7-3-1-4-8-13/h1-10H,11-12H2,(H,19,23). The van der Waals surface area contributed by atoms with Crippen LogP contribution in [0, 0.1) is 0 Å². The highest BCUT2D eigenvalue weighted by Crippen LogP contribution is 2.23. The molecule has 126 valence electrons. The van der Waals surface area contributed by atoms with E-state index in [2.05, 4.69) is 15.5 Å². The molecule has 0 saturated heterocycles. The fraction of sp³-hybridized carbons (Fsp3) is 0.111. The first-order chi connectivity index (χ1) is 12.2. The minimum absolute atomic E-state index is 0.0959. The normalized spacial score (nSPS) is 10.4. The van der Waals surface area contributed by atoms with Crippen LogP contribution in [0.1, 0.15) is 6.42 Å². The van der Waals surface area contributed by atoms with Crippen LogP contribution in [0.5, 0.6) is 0 Å². The molecule has 0 aliphatic carbocycles. The van der Waals surface area contributed by atoms with Gasteiger partial charge in [-0.1, -0.05) is 48.2 Å². The van der Waals surface area contributed by atoms with Gasteiger partial charge in [0.2, 0.25) is 11.8 Å². The average molecular weight is 353 g/mol. The van der Waals surface area contributed by atoms with E-state index in [0.717, 1.165) is 17.3 Å². The van der Waals surface area contributed by atoms with Crippen molar-refractivity contribution in [1.29, 1.82) is 0 Å². The van der Waals surface area contributed by atoms with Crippen molar-refractivity contribution in [1.82, 2.24) is 10.2 Å². The number of nitrogens with zero attached hydrogens (tertiary/aromatic N) is 2. The fourth-order valence-electron chi connectivity index (χ4n) is 2.06. The molecule has 6 nitrogen and oxygen atoms in total. The van der Waals surface area contributed by atoms with Crippen LogP contribution >= 0.6 is 11.8 Å². The number of carbonyl (C=O) groups excluding carboxylic acids is 2. The first-order valence-corrected chi connectivity index (χ1v) is 8.57. The molecular weight excluding hydrogens is 338 g/mol. The Balaban J connectivity index is 1.48. The van der Waals surface area contributed by atoms with Gasteiger partial charge in [-0.3, -0.25) is 9.59 Å². The summed E-state index contributed by atoms with van der Waals surface area (Å²) in [6.07, 6.45) is -0.193. The minimum Gasteiger partial charge on any atom is -0.411 e. The topological polar surface area (TPSA) is 85.1 Å². The summed E-state index contributed by atoms with van der Waals surface area (Å²) < 4.78 is 5.51. The van der Waals surface area contributed by atoms with Gasteiger partial charge in [0.25, 0.3) is 5.22 Å². The van der Waals surface area contributed by atoms with Gasteiger partial charge in [-0.2, -0.15) is 0 Å². The number of Topliss-reactive ketones (excluding diaryl/α,β-unsaturated/α-hetero) is 1. The number of hydrogen-bond donors (Lipinski definition) is 1. The van der Waals surface area contributed by atoms with Crippen LogP contribution in [-0.4, -0.2) is 27.6 Å². The summed E-state index contributed by atoms with van der Waals surface area (Å²) >= 11 is 1.12. The van der Waals surface area contributed by atoms with Gasteiger partial charge in [-0.25, -0.2) is 0 Å². The van der Waals surface area contributed by atoms with E-state index >= 15 is 0 Å². The molecule has 0 aliphatic rings. The molecule has 1 N–H and O–H groups in total. The van der Waals surface area contributed by atoms with E-state index < -0.39 is 0 Å². The lowest BCUT2D eigenvalue weighted by Gasteiger charge is -2.03. The zero-order chi connectivity index (χ0) is 17.5. The number of amides is 1. The van der Waals surface area contributed by atoms with Gasteiger partial charge in [0.1, 0.15) is 0 Å². The average Bonchev–Trinajstić information content (AvgIpc) is 3.10. The largest absolute Gasteiger partial charge is 0.411 e. The van der Waals surface area contributed by atoms with Gasteiger partial charge in [-0.15, -0.1) is 10.2 Å². The second-order valence-electron chi connectivity index (χ2n) is 5.16. The van der Waals surface area contributed by atoms with Crippen molar-refractivity contribution in [2.24, 2.45) is 0 Å². The highest BCUT2D eigenvalue weighted by Gasteiger charge is 2.13. The molecule has 0 radical (unpaired) electrons. The van der Waals surface area contributed by atoms with E-state index in [1.165, 1.54) is 0 Å². The lowest BCUT2D eigenvalue weighted by Crippen LogP contribution is -2.17. The van der Waals surface area contributed by atoms with E-state index in [4.69, 9.17) is 4.42 Å².